The Labute approximate surface area is 106 Å². The van der Waals surface area contributed by atoms with E-state index < -0.39 is 5.97 Å². The van der Waals surface area contributed by atoms with Gasteiger partial charge in [-0.25, -0.2) is 4.79 Å². The highest BCUT2D eigenvalue weighted by molar-refractivity contribution is 9.10. The third-order valence-corrected chi connectivity index (χ3v) is 3.11. The van der Waals surface area contributed by atoms with Crippen LogP contribution in [0.25, 0.3) is 11.3 Å². The van der Waals surface area contributed by atoms with Gasteiger partial charge in [-0.3, -0.25) is 0 Å². The first-order chi connectivity index (χ1) is 8.00. The number of carboxylic acids is 1. The molecule has 0 amide bonds. The lowest BCUT2D eigenvalue weighted by Gasteiger charge is -2.03. The summed E-state index contributed by atoms with van der Waals surface area (Å²) in [4.78, 5) is 11.1. The highest BCUT2D eigenvalue weighted by Gasteiger charge is 2.22. The first-order valence-corrected chi connectivity index (χ1v) is 5.76. The number of hydrogen-bond acceptors (Lipinski definition) is 3. The first-order valence-electron chi connectivity index (χ1n) is 4.97. The van der Waals surface area contributed by atoms with Gasteiger partial charge in [-0.15, -0.1) is 0 Å². The van der Waals surface area contributed by atoms with Crippen LogP contribution in [-0.2, 0) is 0 Å². The molecule has 1 aromatic heterocycles. The summed E-state index contributed by atoms with van der Waals surface area (Å²) in [6.45, 7) is 3.54. The van der Waals surface area contributed by atoms with Crippen molar-refractivity contribution in [3.8, 4) is 11.3 Å². The van der Waals surface area contributed by atoms with Crippen LogP contribution in [0.15, 0.2) is 27.2 Å². The number of aromatic nitrogens is 1. The molecule has 0 aliphatic rings. The molecule has 1 heterocycles. The Kier molecular flexibility index (Phi) is 3.02. The van der Waals surface area contributed by atoms with Gasteiger partial charge < -0.3 is 9.63 Å². The molecule has 1 aromatic carbocycles. The maximum Gasteiger partial charge on any atom is 0.341 e. The minimum atomic E-state index is -1.04. The topological polar surface area (TPSA) is 63.3 Å². The average Bonchev–Trinajstić information content (AvgIpc) is 2.60. The van der Waals surface area contributed by atoms with Gasteiger partial charge in [0.25, 0.3) is 0 Å². The zero-order valence-corrected chi connectivity index (χ0v) is 10.9. The van der Waals surface area contributed by atoms with Gasteiger partial charge in [-0.1, -0.05) is 33.2 Å². The molecule has 0 atom stereocenters. The molecule has 2 rings (SSSR count). The van der Waals surface area contributed by atoms with Crippen LogP contribution in [-0.4, -0.2) is 16.2 Å². The van der Waals surface area contributed by atoms with Crippen LogP contribution in [0.1, 0.15) is 21.7 Å². The van der Waals surface area contributed by atoms with Crippen LogP contribution in [0, 0.1) is 13.8 Å². The van der Waals surface area contributed by atoms with Crippen molar-refractivity contribution in [1.29, 1.82) is 0 Å². The number of benzene rings is 1. The molecule has 1 N–H and O–H groups in total. The van der Waals surface area contributed by atoms with Crippen molar-refractivity contribution >= 4 is 21.9 Å². The lowest BCUT2D eigenvalue weighted by molar-refractivity contribution is 0.0696. The molecule has 2 aromatic rings. The summed E-state index contributed by atoms with van der Waals surface area (Å²) < 4.78 is 5.74. The molecule has 5 heteroatoms. The number of aromatic carboxylic acids is 1. The van der Waals surface area contributed by atoms with Gasteiger partial charge in [0, 0.05) is 10.0 Å². The predicted molar refractivity (Wildman–Crippen MR) is 66.1 cm³/mol. The Morgan fingerprint density at radius 1 is 1.41 bits per heavy atom. The highest BCUT2D eigenvalue weighted by Crippen LogP contribution is 2.31. The summed E-state index contributed by atoms with van der Waals surface area (Å²) in [6, 6.07) is 5.63. The quantitative estimate of drug-likeness (QED) is 0.922. The van der Waals surface area contributed by atoms with E-state index in [2.05, 4.69) is 21.1 Å². The molecule has 0 aliphatic carbocycles. The van der Waals surface area contributed by atoms with Gasteiger partial charge in [-0.2, -0.15) is 0 Å². The Bertz CT molecular complexity index is 589. The summed E-state index contributed by atoms with van der Waals surface area (Å²) in [7, 11) is 0. The van der Waals surface area contributed by atoms with Crippen LogP contribution in [0.2, 0.25) is 0 Å². The van der Waals surface area contributed by atoms with Crippen LogP contribution >= 0.6 is 15.9 Å². The summed E-state index contributed by atoms with van der Waals surface area (Å²) in [5.74, 6) is -0.730. The van der Waals surface area contributed by atoms with E-state index in [0.29, 0.717) is 17.0 Å². The molecule has 0 aliphatic heterocycles. The number of halogens is 1. The Morgan fingerprint density at radius 2 is 2.12 bits per heavy atom. The van der Waals surface area contributed by atoms with E-state index in [9.17, 15) is 4.79 Å². The van der Waals surface area contributed by atoms with Gasteiger partial charge in [0.15, 0.2) is 0 Å². The van der Waals surface area contributed by atoms with E-state index in [4.69, 9.17) is 9.63 Å². The SMILES string of the molecule is Cc1ccc(-c2noc(C)c2C(=O)O)c(Br)c1. The summed E-state index contributed by atoms with van der Waals surface area (Å²) in [6.07, 6.45) is 0. The van der Waals surface area contributed by atoms with Crippen LogP contribution < -0.4 is 0 Å². The van der Waals surface area contributed by atoms with Crippen molar-refractivity contribution in [2.45, 2.75) is 13.8 Å². The molecule has 0 radical (unpaired) electrons. The Balaban J connectivity index is 2.65. The van der Waals surface area contributed by atoms with Crippen molar-refractivity contribution in [2.75, 3.05) is 0 Å². The molecule has 0 spiro atoms. The smallest absolute Gasteiger partial charge is 0.341 e. The zero-order valence-electron chi connectivity index (χ0n) is 9.32. The fourth-order valence-electron chi connectivity index (χ4n) is 1.62. The van der Waals surface area contributed by atoms with Gasteiger partial charge in [0.05, 0.1) is 0 Å². The molecule has 17 heavy (non-hydrogen) atoms. The van der Waals surface area contributed by atoms with E-state index in [1.165, 1.54) is 0 Å². The molecular formula is C12H10BrNO3. The Hall–Kier alpha value is -1.62. The number of hydrogen-bond donors (Lipinski definition) is 1. The number of carbonyl (C=O) groups is 1. The third kappa shape index (κ3) is 2.10. The second-order valence-corrected chi connectivity index (χ2v) is 4.61. The van der Waals surface area contributed by atoms with Gasteiger partial charge >= 0.3 is 5.97 Å². The van der Waals surface area contributed by atoms with Crippen molar-refractivity contribution < 1.29 is 14.4 Å². The summed E-state index contributed by atoms with van der Waals surface area (Å²) >= 11 is 3.40. The zero-order chi connectivity index (χ0) is 12.6. The summed E-state index contributed by atoms with van der Waals surface area (Å²) in [5, 5.41) is 12.9. The fraction of sp³-hybridized carbons (Fsp3) is 0.167. The average molecular weight is 296 g/mol. The van der Waals surface area contributed by atoms with E-state index in [0.717, 1.165) is 10.0 Å². The Morgan fingerprint density at radius 3 is 2.71 bits per heavy atom. The van der Waals surface area contributed by atoms with Gasteiger partial charge in [0.1, 0.15) is 17.0 Å². The maximum absolute atomic E-state index is 11.1. The number of nitrogens with zero attached hydrogens (tertiary/aromatic N) is 1. The molecule has 88 valence electrons. The summed E-state index contributed by atoms with van der Waals surface area (Å²) in [5.41, 5.74) is 2.25. The highest BCUT2D eigenvalue weighted by atomic mass is 79.9. The van der Waals surface area contributed by atoms with Crippen LogP contribution in [0.4, 0.5) is 0 Å². The van der Waals surface area contributed by atoms with Crippen molar-refractivity contribution in [2.24, 2.45) is 0 Å². The van der Waals surface area contributed by atoms with Crippen molar-refractivity contribution in [1.82, 2.24) is 5.16 Å². The third-order valence-electron chi connectivity index (χ3n) is 2.46. The molecule has 0 bridgehead atoms. The molecule has 0 fully saturated rings. The molecular weight excluding hydrogens is 286 g/mol. The maximum atomic E-state index is 11.1. The number of carboxylic acid groups (broad SMARTS) is 1. The predicted octanol–water partition coefficient (Wildman–Crippen LogP) is 3.42. The van der Waals surface area contributed by atoms with Crippen LogP contribution in [0.5, 0.6) is 0 Å². The molecule has 0 unspecified atom stereocenters. The largest absolute Gasteiger partial charge is 0.477 e. The van der Waals surface area contributed by atoms with E-state index in [1.54, 1.807) is 6.92 Å². The fourth-order valence-corrected chi connectivity index (χ4v) is 2.30. The minimum Gasteiger partial charge on any atom is -0.477 e. The first kappa shape index (κ1) is 11.9. The second kappa shape index (κ2) is 4.33. The molecule has 4 nitrogen and oxygen atoms in total. The van der Waals surface area contributed by atoms with Crippen LogP contribution in [0.3, 0.4) is 0 Å². The van der Waals surface area contributed by atoms with E-state index in [-0.39, 0.29) is 5.56 Å². The van der Waals surface area contributed by atoms with Crippen molar-refractivity contribution in [3.05, 3.63) is 39.6 Å². The lowest BCUT2D eigenvalue weighted by Crippen LogP contribution is -1.99. The lowest BCUT2D eigenvalue weighted by atomic mass is 10.1. The van der Waals surface area contributed by atoms with Gasteiger partial charge in [0.2, 0.25) is 0 Å². The second-order valence-electron chi connectivity index (χ2n) is 3.75. The standard InChI is InChI=1S/C12H10BrNO3/c1-6-3-4-8(9(13)5-6)11-10(12(15)16)7(2)17-14-11/h3-5H,1-2H3,(H,15,16). The molecule has 0 saturated carbocycles. The number of aryl methyl sites for hydroxylation is 2. The van der Waals surface area contributed by atoms with E-state index in [1.807, 2.05) is 25.1 Å². The monoisotopic (exact) mass is 295 g/mol. The normalized spacial score (nSPS) is 10.5. The number of rotatable bonds is 2. The van der Waals surface area contributed by atoms with Gasteiger partial charge in [-0.05, 0) is 25.5 Å². The minimum absolute atomic E-state index is 0.106. The molecule has 0 saturated heterocycles. The van der Waals surface area contributed by atoms with E-state index >= 15 is 0 Å². The van der Waals surface area contributed by atoms with Crippen molar-refractivity contribution in [3.63, 3.8) is 0 Å².